The molecule has 164 valence electrons. The minimum absolute atomic E-state index is 0.0172. The molecule has 0 bridgehead atoms. The fraction of sp³-hybridized carbons (Fsp3) is 0.364. The summed E-state index contributed by atoms with van der Waals surface area (Å²) in [6, 6.07) is 11.5. The molecule has 1 aliphatic carbocycles. The molecule has 4 rings (SSSR count). The number of nitrogens with zero attached hydrogens (tertiary/aromatic N) is 2. The normalized spacial score (nSPS) is 21.8. The molecule has 3 atom stereocenters. The number of aliphatic hydroxyl groups excluding tert-OH is 1. The highest BCUT2D eigenvalue weighted by Gasteiger charge is 2.32. The monoisotopic (exact) mass is 464 g/mol. The van der Waals surface area contributed by atoms with Crippen molar-refractivity contribution >= 4 is 21.4 Å². The number of hydrogen-bond donors (Lipinski definition) is 1. The van der Waals surface area contributed by atoms with E-state index in [1.54, 1.807) is 0 Å². The van der Waals surface area contributed by atoms with Crippen molar-refractivity contribution in [1.29, 1.82) is 0 Å². The first-order valence-electron chi connectivity index (χ1n) is 10.0. The van der Waals surface area contributed by atoms with E-state index in [-0.39, 0.29) is 28.8 Å². The summed E-state index contributed by atoms with van der Waals surface area (Å²) < 4.78 is 58.5. The second kappa shape index (κ2) is 9.10. The summed E-state index contributed by atoms with van der Waals surface area (Å²) in [5, 5.41) is 10.4. The lowest BCUT2D eigenvalue weighted by Crippen LogP contribution is -2.28. The van der Waals surface area contributed by atoms with Gasteiger partial charge >= 0.3 is 0 Å². The minimum Gasteiger partial charge on any atom is -0.393 e. The molecular weight excluding hydrogens is 442 g/mol. The first-order chi connectivity index (χ1) is 14.8. The maximum Gasteiger partial charge on any atom is 0.187 e. The fourth-order valence-corrected chi connectivity index (χ4v) is 6.49. The molecule has 2 aromatic carbocycles. The van der Waals surface area contributed by atoms with Gasteiger partial charge in [-0.1, -0.05) is 30.3 Å². The Morgan fingerprint density at radius 1 is 1.10 bits per heavy atom. The van der Waals surface area contributed by atoms with Crippen molar-refractivity contribution in [2.75, 3.05) is 0 Å². The van der Waals surface area contributed by atoms with Crippen molar-refractivity contribution in [2.45, 2.75) is 48.4 Å². The summed E-state index contributed by atoms with van der Waals surface area (Å²) in [5.74, 6) is -2.19. The molecule has 1 N–H and O–H groups in total. The highest BCUT2D eigenvalue weighted by Crippen LogP contribution is 2.40. The zero-order chi connectivity index (χ0) is 22.0. The van der Waals surface area contributed by atoms with E-state index < -0.39 is 38.2 Å². The van der Waals surface area contributed by atoms with Gasteiger partial charge in [-0.25, -0.2) is 22.2 Å². The Hall–Kier alpha value is -2.23. The van der Waals surface area contributed by atoms with Crippen LogP contribution in [-0.2, 0) is 22.0 Å². The fourth-order valence-electron chi connectivity index (χ4n) is 4.31. The Labute approximate surface area is 183 Å². The lowest BCUT2D eigenvalue weighted by atomic mass is 9.72. The number of rotatable bonds is 6. The van der Waals surface area contributed by atoms with Crippen molar-refractivity contribution in [3.8, 4) is 0 Å². The predicted octanol–water partition coefficient (Wildman–Crippen LogP) is 4.28. The van der Waals surface area contributed by atoms with Crippen LogP contribution in [-0.4, -0.2) is 29.0 Å². The Bertz CT molecular complexity index is 1140. The van der Waals surface area contributed by atoms with E-state index in [2.05, 4.69) is 9.36 Å². The minimum atomic E-state index is -4.09. The first-order valence-corrected chi connectivity index (χ1v) is 12.5. The van der Waals surface area contributed by atoms with Crippen LogP contribution in [0.5, 0.6) is 0 Å². The summed E-state index contributed by atoms with van der Waals surface area (Å²) in [5.41, 5.74) is 1.21. The van der Waals surface area contributed by atoms with Crippen molar-refractivity contribution in [1.82, 2.24) is 9.36 Å². The third-order valence-corrected chi connectivity index (χ3v) is 8.31. The Morgan fingerprint density at radius 3 is 2.58 bits per heavy atom. The summed E-state index contributed by atoms with van der Waals surface area (Å²) in [7, 11) is -4.09. The van der Waals surface area contributed by atoms with E-state index in [0.717, 1.165) is 29.2 Å². The van der Waals surface area contributed by atoms with Crippen LogP contribution in [0.1, 0.15) is 41.3 Å². The molecule has 1 unspecified atom stereocenters. The largest absolute Gasteiger partial charge is 0.393 e. The molecule has 0 spiro atoms. The summed E-state index contributed by atoms with van der Waals surface area (Å²) >= 11 is 0.902. The Balaban J connectivity index is 1.59. The second-order valence-electron chi connectivity index (χ2n) is 7.92. The van der Waals surface area contributed by atoms with Crippen molar-refractivity contribution in [3.63, 3.8) is 0 Å². The molecule has 31 heavy (non-hydrogen) atoms. The van der Waals surface area contributed by atoms with Crippen LogP contribution in [0.2, 0.25) is 0 Å². The van der Waals surface area contributed by atoms with Gasteiger partial charge in [-0.05, 0) is 72.3 Å². The van der Waals surface area contributed by atoms with Gasteiger partial charge in [-0.3, -0.25) is 0 Å². The van der Waals surface area contributed by atoms with Gasteiger partial charge in [0.15, 0.2) is 9.84 Å². The van der Waals surface area contributed by atoms with Crippen LogP contribution in [0.25, 0.3) is 0 Å². The van der Waals surface area contributed by atoms with Crippen LogP contribution in [0.4, 0.5) is 8.78 Å². The van der Waals surface area contributed by atoms with E-state index in [0.29, 0.717) is 19.3 Å². The lowest BCUT2D eigenvalue weighted by molar-refractivity contribution is 0.0933. The smallest absolute Gasteiger partial charge is 0.187 e. The number of hydrogen-bond acceptors (Lipinski definition) is 6. The van der Waals surface area contributed by atoms with E-state index in [1.807, 2.05) is 30.3 Å². The molecule has 1 aromatic heterocycles. The van der Waals surface area contributed by atoms with Gasteiger partial charge in [0.05, 0.1) is 6.10 Å². The van der Waals surface area contributed by atoms with Crippen molar-refractivity contribution < 1.29 is 22.3 Å². The molecule has 1 saturated carbocycles. The van der Waals surface area contributed by atoms with E-state index in [9.17, 15) is 22.3 Å². The molecule has 1 fully saturated rings. The quantitative estimate of drug-likeness (QED) is 0.589. The molecule has 3 aromatic rings. The van der Waals surface area contributed by atoms with E-state index >= 15 is 0 Å². The van der Waals surface area contributed by atoms with Gasteiger partial charge in [-0.15, -0.1) is 0 Å². The molecule has 1 heterocycles. The lowest BCUT2D eigenvalue weighted by Gasteiger charge is -2.35. The average Bonchev–Trinajstić information content (AvgIpc) is 3.24. The third-order valence-electron chi connectivity index (χ3n) is 5.83. The number of halogens is 2. The Morgan fingerprint density at radius 2 is 1.87 bits per heavy atom. The van der Waals surface area contributed by atoms with Crippen LogP contribution >= 0.6 is 11.5 Å². The standard InChI is InChI=1S/C22H22F2N2O3S2/c23-19-11-21(31(28,29)12-22-25-13-26-30-22)20(24)9-16(19)8-15-6-7-17(27)10-18(15)14-4-2-1-3-5-14/h1-5,9,11,13,15,17-18,27H,6-8,10,12H2/t15?,17-,18+/m0/s1. The highest BCUT2D eigenvalue weighted by atomic mass is 32.2. The van der Waals surface area contributed by atoms with Crippen LogP contribution < -0.4 is 0 Å². The summed E-state index contributed by atoms with van der Waals surface area (Å²) in [4.78, 5) is 3.14. The molecule has 1 aliphatic rings. The van der Waals surface area contributed by atoms with Crippen molar-refractivity contribution in [2.24, 2.45) is 5.92 Å². The maximum absolute atomic E-state index is 14.9. The van der Waals surface area contributed by atoms with Crippen LogP contribution in [0, 0.1) is 17.6 Å². The number of aliphatic hydroxyl groups is 1. The van der Waals surface area contributed by atoms with Gasteiger partial charge in [0.25, 0.3) is 0 Å². The number of aromatic nitrogens is 2. The zero-order valence-electron chi connectivity index (χ0n) is 16.6. The highest BCUT2D eigenvalue weighted by molar-refractivity contribution is 7.90. The molecule has 0 aliphatic heterocycles. The number of sulfone groups is 1. The molecule has 9 heteroatoms. The SMILES string of the molecule is O=S(=O)(Cc1ncns1)c1cc(F)c(CC2CC[C@H](O)C[C@@H]2c2ccccc2)cc1F. The van der Waals surface area contributed by atoms with Gasteiger partial charge < -0.3 is 5.11 Å². The summed E-state index contributed by atoms with van der Waals surface area (Å²) in [6.45, 7) is 0. The van der Waals surface area contributed by atoms with Crippen LogP contribution in [0.3, 0.4) is 0 Å². The van der Waals surface area contributed by atoms with Gasteiger partial charge in [-0.2, -0.15) is 4.37 Å². The molecule has 5 nitrogen and oxygen atoms in total. The maximum atomic E-state index is 14.9. The zero-order valence-corrected chi connectivity index (χ0v) is 18.2. The third kappa shape index (κ3) is 4.99. The van der Waals surface area contributed by atoms with Crippen LogP contribution in [0.15, 0.2) is 53.7 Å². The number of benzene rings is 2. The molecule has 0 amide bonds. The Kier molecular flexibility index (Phi) is 6.45. The first kappa shape index (κ1) is 22.0. The van der Waals surface area contributed by atoms with Crippen molar-refractivity contribution in [3.05, 3.63) is 76.6 Å². The second-order valence-corrected chi connectivity index (χ2v) is 10.7. The van der Waals surface area contributed by atoms with Gasteiger partial charge in [0.2, 0.25) is 0 Å². The average molecular weight is 465 g/mol. The molecular formula is C22H22F2N2O3S2. The van der Waals surface area contributed by atoms with E-state index in [4.69, 9.17) is 0 Å². The van der Waals surface area contributed by atoms with E-state index in [1.165, 1.54) is 6.33 Å². The summed E-state index contributed by atoms with van der Waals surface area (Å²) in [6.07, 6.45) is 2.92. The van der Waals surface area contributed by atoms with Gasteiger partial charge in [0, 0.05) is 0 Å². The molecule has 0 saturated heterocycles. The topological polar surface area (TPSA) is 80.2 Å². The predicted molar refractivity (Wildman–Crippen MR) is 113 cm³/mol. The van der Waals surface area contributed by atoms with Gasteiger partial charge in [0.1, 0.15) is 33.6 Å². The molecule has 0 radical (unpaired) electrons.